The molecule has 5 rings (SSSR count). The number of halogens is 4. The number of aliphatic hydroxyl groups excluding tert-OH is 1. The molecule has 46 heavy (non-hydrogen) atoms. The van der Waals surface area contributed by atoms with Crippen molar-refractivity contribution >= 4 is 41.3 Å². The first-order valence-corrected chi connectivity index (χ1v) is 15.7. The van der Waals surface area contributed by atoms with E-state index in [9.17, 15) is 23.2 Å². The van der Waals surface area contributed by atoms with E-state index in [-0.39, 0.29) is 52.8 Å². The van der Waals surface area contributed by atoms with Crippen LogP contribution < -0.4 is 11.3 Å². The van der Waals surface area contributed by atoms with Crippen molar-refractivity contribution in [3.8, 4) is 11.4 Å². The van der Waals surface area contributed by atoms with E-state index in [0.717, 1.165) is 57.7 Å². The molecule has 2 aromatic carbocycles. The minimum Gasteiger partial charge on any atom is -0.468 e. The number of nitrogens with zero attached hydrogens (tertiary/aromatic N) is 1. The lowest BCUT2D eigenvalue weighted by Crippen LogP contribution is -2.24. The van der Waals surface area contributed by atoms with E-state index in [0.29, 0.717) is 15.6 Å². The van der Waals surface area contributed by atoms with E-state index < -0.39 is 17.6 Å². The number of nitrogens with two attached hydrogens (primary N) is 1. The number of aromatic nitrogens is 2. The lowest BCUT2D eigenvalue weighted by Gasteiger charge is -2.14. The summed E-state index contributed by atoms with van der Waals surface area (Å²) in [6.07, 6.45) is 10.9. The highest BCUT2D eigenvalue weighted by Crippen LogP contribution is 2.33. The zero-order valence-corrected chi connectivity index (χ0v) is 27.3. The van der Waals surface area contributed by atoms with Gasteiger partial charge in [-0.2, -0.15) is 0 Å². The summed E-state index contributed by atoms with van der Waals surface area (Å²) in [6.45, 7) is 1.93. The largest absolute Gasteiger partial charge is 0.468 e. The topological polar surface area (TPSA) is 159 Å². The Hall–Kier alpha value is -3.67. The van der Waals surface area contributed by atoms with E-state index in [2.05, 4.69) is 14.7 Å². The summed E-state index contributed by atoms with van der Waals surface area (Å²) in [4.78, 5) is 40.7. The van der Waals surface area contributed by atoms with E-state index in [4.69, 9.17) is 39.5 Å². The quantitative estimate of drug-likeness (QED) is 0.0731. The van der Waals surface area contributed by atoms with Gasteiger partial charge in [-0.25, -0.2) is 13.8 Å². The molecule has 2 aliphatic carbocycles. The Labute approximate surface area is 277 Å². The number of ether oxygens (including phenoxy) is 1. The molecule has 2 aliphatic rings. The number of aromatic amines is 1. The third-order valence-corrected chi connectivity index (χ3v) is 8.02. The molecule has 0 radical (unpaired) electrons. The fourth-order valence-electron chi connectivity index (χ4n) is 5.26. The number of H-pyrrole nitrogens is 1. The summed E-state index contributed by atoms with van der Waals surface area (Å²) < 4.78 is 31.1. The van der Waals surface area contributed by atoms with Gasteiger partial charge in [0.2, 0.25) is 0 Å². The second kappa shape index (κ2) is 19.8. The van der Waals surface area contributed by atoms with Gasteiger partial charge >= 0.3 is 5.97 Å². The van der Waals surface area contributed by atoms with Crippen molar-refractivity contribution in [2.24, 2.45) is 17.6 Å². The Balaban J connectivity index is 0.000000244. The van der Waals surface area contributed by atoms with Crippen molar-refractivity contribution in [1.29, 1.82) is 5.41 Å². The van der Waals surface area contributed by atoms with Crippen LogP contribution in [0.15, 0.2) is 47.4 Å². The lowest BCUT2D eigenvalue weighted by molar-refractivity contribution is -0.148. The summed E-state index contributed by atoms with van der Waals surface area (Å²) in [5.74, 6) is -1.45. The van der Waals surface area contributed by atoms with E-state index in [1.54, 1.807) is 13.1 Å². The van der Waals surface area contributed by atoms with Gasteiger partial charge in [0.05, 0.1) is 18.2 Å². The highest BCUT2D eigenvalue weighted by atomic mass is 35.5. The van der Waals surface area contributed by atoms with Crippen LogP contribution in [0.25, 0.3) is 11.4 Å². The number of methoxy groups -OCH3 is 1. The first-order valence-electron chi connectivity index (χ1n) is 14.9. The third-order valence-electron chi connectivity index (χ3n) is 7.55. The predicted octanol–water partition coefficient (Wildman–Crippen LogP) is 6.81. The monoisotopic (exact) mass is 680 g/mol. The number of benzene rings is 2. The smallest absolute Gasteiger partial charge is 0.316 e. The molecule has 9 nitrogen and oxygen atoms in total. The zero-order chi connectivity index (χ0) is 34.2. The van der Waals surface area contributed by atoms with Gasteiger partial charge in [-0.05, 0) is 80.8 Å². The summed E-state index contributed by atoms with van der Waals surface area (Å²) in [7, 11) is 1.33. The molecule has 2 fully saturated rings. The average molecular weight is 682 g/mol. The molecule has 1 unspecified atom stereocenters. The number of rotatable bonds is 6. The summed E-state index contributed by atoms with van der Waals surface area (Å²) in [5, 5.41) is 15.3. The molecule has 1 heterocycles. The molecule has 3 aromatic rings. The maximum atomic E-state index is 13.8. The molecule has 1 atom stereocenters. The van der Waals surface area contributed by atoms with Gasteiger partial charge in [-0.15, -0.1) is 0 Å². The van der Waals surface area contributed by atoms with Crippen LogP contribution in [-0.4, -0.2) is 46.9 Å². The molecule has 2 saturated carbocycles. The number of aldehydes is 1. The van der Waals surface area contributed by atoms with Crippen LogP contribution in [0, 0.1) is 28.9 Å². The fourth-order valence-corrected chi connectivity index (χ4v) is 5.61. The van der Waals surface area contributed by atoms with Crippen molar-refractivity contribution in [3.63, 3.8) is 0 Å². The van der Waals surface area contributed by atoms with Crippen molar-refractivity contribution < 1.29 is 28.2 Å². The first-order chi connectivity index (χ1) is 22.0. The van der Waals surface area contributed by atoms with Crippen molar-refractivity contribution in [3.05, 3.63) is 85.8 Å². The number of aliphatic hydroxyl groups is 1. The molecule has 5 N–H and O–H groups in total. The van der Waals surface area contributed by atoms with Gasteiger partial charge in [0.1, 0.15) is 35.5 Å². The summed E-state index contributed by atoms with van der Waals surface area (Å²) in [6, 6.07) is 8.10. The van der Waals surface area contributed by atoms with Gasteiger partial charge in [-0.3, -0.25) is 15.0 Å². The number of hydrogen-bond donors (Lipinski definition) is 4. The predicted molar refractivity (Wildman–Crippen MR) is 175 cm³/mol. The van der Waals surface area contributed by atoms with Crippen molar-refractivity contribution in [1.82, 2.24) is 9.97 Å². The molecule has 0 saturated heterocycles. The molecule has 0 spiro atoms. The second-order valence-corrected chi connectivity index (χ2v) is 11.6. The minimum atomic E-state index is -0.526. The van der Waals surface area contributed by atoms with Gasteiger partial charge in [-0.1, -0.05) is 48.9 Å². The second-order valence-electron chi connectivity index (χ2n) is 10.7. The maximum Gasteiger partial charge on any atom is 0.316 e. The van der Waals surface area contributed by atoms with Crippen LogP contribution >= 0.6 is 23.2 Å². The Bertz CT molecular complexity index is 1510. The lowest BCUT2D eigenvalue weighted by atomic mass is 9.92. The average Bonchev–Trinajstić information content (AvgIpc) is 3.76. The molecule has 0 aliphatic heterocycles. The number of carbonyl (C=O) groups is 2. The third kappa shape index (κ3) is 11.6. The van der Waals surface area contributed by atoms with E-state index in [1.807, 2.05) is 0 Å². The van der Waals surface area contributed by atoms with Gasteiger partial charge in [0.25, 0.3) is 5.56 Å². The normalized spacial score (nSPS) is 14.8. The highest BCUT2D eigenvalue weighted by Gasteiger charge is 2.30. The SMILES string of the molecule is CCO.COC(=O)C(C=O)C1CCCC1.N=C(N)c1cc(Cl)ccc1F.O=c1[nH]c(-c2cc(Cl)ccc2F)ncc1C1CCCC1. The Morgan fingerprint density at radius 1 is 1.09 bits per heavy atom. The van der Waals surface area contributed by atoms with Crippen LogP contribution in [-0.2, 0) is 14.3 Å². The molecular weight excluding hydrogens is 641 g/mol. The fraction of sp³-hybridized carbons (Fsp3) is 0.424. The molecule has 250 valence electrons. The van der Waals surface area contributed by atoms with Crippen LogP contribution in [0.1, 0.15) is 75.3 Å². The molecular formula is C33H40Cl2F2N4O5. The Kier molecular flexibility index (Phi) is 16.5. The molecule has 1 aromatic heterocycles. The Morgan fingerprint density at radius 3 is 2.13 bits per heavy atom. The minimum absolute atomic E-state index is 0.0394. The number of esters is 1. The maximum absolute atomic E-state index is 13.8. The van der Waals surface area contributed by atoms with Gasteiger partial charge < -0.3 is 25.4 Å². The first kappa shape index (κ1) is 38.5. The molecule has 13 heteroatoms. The van der Waals surface area contributed by atoms with Crippen LogP contribution in [0.3, 0.4) is 0 Å². The van der Waals surface area contributed by atoms with E-state index >= 15 is 0 Å². The Morgan fingerprint density at radius 2 is 1.63 bits per heavy atom. The van der Waals surface area contributed by atoms with Crippen molar-refractivity contribution in [2.75, 3.05) is 13.7 Å². The van der Waals surface area contributed by atoms with E-state index in [1.165, 1.54) is 43.5 Å². The van der Waals surface area contributed by atoms with Crippen molar-refractivity contribution in [2.45, 2.75) is 64.2 Å². The molecule has 0 bridgehead atoms. The number of nitrogens with one attached hydrogen (secondary N) is 2. The van der Waals surface area contributed by atoms with Gasteiger partial charge in [0.15, 0.2) is 0 Å². The summed E-state index contributed by atoms with van der Waals surface area (Å²) >= 11 is 11.4. The molecule has 0 amide bonds. The highest BCUT2D eigenvalue weighted by molar-refractivity contribution is 6.31. The van der Waals surface area contributed by atoms with Crippen LogP contribution in [0.2, 0.25) is 10.0 Å². The van der Waals surface area contributed by atoms with Crippen LogP contribution in [0.4, 0.5) is 8.78 Å². The number of carbonyl (C=O) groups excluding carboxylic acids is 2. The van der Waals surface area contributed by atoms with Gasteiger partial charge in [0, 0.05) is 28.4 Å². The summed E-state index contributed by atoms with van der Waals surface area (Å²) in [5.41, 5.74) is 5.85. The standard InChI is InChI=1S/C15H14ClFN2O.C9H14O3.C7H6ClFN2.C2H6O/c16-10-5-6-13(17)11(7-10)14-18-8-12(15(20)19-14)9-3-1-2-4-9;1-12-9(11)8(6-10)7-4-2-3-5-7;8-4-1-2-6(9)5(3-4)7(10)11;1-2-3/h5-9H,1-4H2,(H,18,19,20);6-8H,2-5H2,1H3;1-3H,(H3,10,11);3H,2H2,1H3. The van der Waals surface area contributed by atoms with Crippen LogP contribution in [0.5, 0.6) is 0 Å². The zero-order valence-electron chi connectivity index (χ0n) is 25.8. The number of amidine groups is 1. The number of hydrogen-bond acceptors (Lipinski definition) is 7. The number of nitrogen functional groups attached to an aromatic ring is 1.